The van der Waals surface area contributed by atoms with Crippen molar-refractivity contribution in [1.82, 2.24) is 20.6 Å². The van der Waals surface area contributed by atoms with Gasteiger partial charge in [-0.15, -0.1) is 0 Å². The predicted octanol–water partition coefficient (Wildman–Crippen LogP) is -2.86. The van der Waals surface area contributed by atoms with Crippen molar-refractivity contribution in [2.24, 2.45) is 11.5 Å². The second-order valence-corrected chi connectivity index (χ2v) is 5.57. The summed E-state index contributed by atoms with van der Waals surface area (Å²) in [6.07, 6.45) is 2.54. The largest absolute Gasteiger partial charge is 0.480 e. The number of thiol groups is 1. The Hall–Kier alpha value is -2.60. The molecule has 0 aliphatic heterocycles. The molecule has 8 N–H and O–H groups in total. The topological polar surface area (TPSA) is 193 Å². The molecule has 0 aromatic carbocycles. The van der Waals surface area contributed by atoms with Gasteiger partial charge in [-0.3, -0.25) is 14.4 Å². The Morgan fingerprint density at radius 1 is 1.24 bits per heavy atom. The van der Waals surface area contributed by atoms with E-state index >= 15 is 0 Å². The van der Waals surface area contributed by atoms with Gasteiger partial charge in [0.05, 0.1) is 18.8 Å². The molecule has 1 aromatic rings. The van der Waals surface area contributed by atoms with Gasteiger partial charge in [-0.05, 0) is 0 Å². The highest BCUT2D eigenvalue weighted by atomic mass is 32.1. The van der Waals surface area contributed by atoms with Crippen LogP contribution in [0.1, 0.15) is 12.1 Å². The number of hydrogen-bond donors (Lipinski definition) is 7. The van der Waals surface area contributed by atoms with Crippen molar-refractivity contribution in [2.75, 3.05) is 5.75 Å². The zero-order valence-corrected chi connectivity index (χ0v) is 14.0. The van der Waals surface area contributed by atoms with Gasteiger partial charge < -0.3 is 32.2 Å². The van der Waals surface area contributed by atoms with E-state index < -0.39 is 48.2 Å². The fraction of sp³-hybridized carbons (Fsp3) is 0.462. The summed E-state index contributed by atoms with van der Waals surface area (Å²) in [6.45, 7) is 0. The van der Waals surface area contributed by atoms with Crippen LogP contribution in [-0.4, -0.2) is 62.6 Å². The van der Waals surface area contributed by atoms with Gasteiger partial charge in [0.25, 0.3) is 0 Å². The van der Waals surface area contributed by atoms with Crippen molar-refractivity contribution >= 4 is 36.3 Å². The number of primary amides is 1. The van der Waals surface area contributed by atoms with Crippen LogP contribution in [0.4, 0.5) is 0 Å². The van der Waals surface area contributed by atoms with E-state index in [2.05, 4.69) is 33.2 Å². The zero-order valence-electron chi connectivity index (χ0n) is 13.1. The van der Waals surface area contributed by atoms with Crippen LogP contribution in [0.2, 0.25) is 0 Å². The third kappa shape index (κ3) is 6.81. The minimum atomic E-state index is -1.35. The van der Waals surface area contributed by atoms with Gasteiger partial charge in [0.2, 0.25) is 17.7 Å². The smallest absolute Gasteiger partial charge is 0.327 e. The first-order chi connectivity index (χ1) is 11.7. The lowest BCUT2D eigenvalue weighted by atomic mass is 10.1. The standard InChI is InChI=1S/C13H20N6O5S/c14-7(1-6-3-16-5-17-6)11(21)18-8(2-10(15)20)12(22)19-9(4-25)13(23)24/h3,5,7-9,25H,1-2,4,14H2,(H2,15,20)(H,16,17)(H,18,21)(H,19,22)(H,23,24). The van der Waals surface area contributed by atoms with Crippen LogP contribution in [0.3, 0.4) is 0 Å². The Labute approximate surface area is 148 Å². The molecule has 1 heterocycles. The number of amides is 3. The molecule has 3 unspecified atom stereocenters. The molecule has 1 rings (SSSR count). The normalized spacial score (nSPS) is 14.2. The number of aliphatic carboxylic acids is 1. The van der Waals surface area contributed by atoms with Crippen molar-refractivity contribution in [3.05, 3.63) is 18.2 Å². The average Bonchev–Trinajstić information content (AvgIpc) is 3.03. The maximum Gasteiger partial charge on any atom is 0.327 e. The Morgan fingerprint density at radius 2 is 1.88 bits per heavy atom. The fourth-order valence-electron chi connectivity index (χ4n) is 1.87. The molecule has 0 radical (unpaired) electrons. The fourth-order valence-corrected chi connectivity index (χ4v) is 2.12. The summed E-state index contributed by atoms with van der Waals surface area (Å²) in [6, 6.07) is -3.63. The van der Waals surface area contributed by atoms with Gasteiger partial charge in [-0.2, -0.15) is 12.6 Å². The number of nitrogens with two attached hydrogens (primary N) is 2. The van der Waals surface area contributed by atoms with E-state index in [0.717, 1.165) is 0 Å². The number of hydrogen-bond acceptors (Lipinski definition) is 7. The first-order valence-electron chi connectivity index (χ1n) is 7.20. The lowest BCUT2D eigenvalue weighted by molar-refractivity contribution is -0.141. The molecule has 12 heteroatoms. The summed E-state index contributed by atoms with van der Waals surface area (Å²) in [4.78, 5) is 52.9. The highest BCUT2D eigenvalue weighted by molar-refractivity contribution is 7.80. The van der Waals surface area contributed by atoms with E-state index in [9.17, 15) is 19.2 Å². The second kappa shape index (κ2) is 9.64. The Balaban J connectivity index is 2.73. The number of carbonyl (C=O) groups is 4. The molecule has 0 fully saturated rings. The number of imidazole rings is 1. The minimum absolute atomic E-state index is 0.130. The monoisotopic (exact) mass is 372 g/mol. The molecule has 3 amide bonds. The van der Waals surface area contributed by atoms with Crippen LogP contribution in [0.25, 0.3) is 0 Å². The molecular formula is C13H20N6O5S. The quantitative estimate of drug-likeness (QED) is 0.215. The Kier molecular flexibility index (Phi) is 7.88. The lowest BCUT2D eigenvalue weighted by Gasteiger charge is -2.21. The molecule has 0 bridgehead atoms. The van der Waals surface area contributed by atoms with Gasteiger partial charge in [-0.1, -0.05) is 0 Å². The van der Waals surface area contributed by atoms with Crippen molar-refractivity contribution in [1.29, 1.82) is 0 Å². The van der Waals surface area contributed by atoms with Gasteiger partial charge >= 0.3 is 5.97 Å². The van der Waals surface area contributed by atoms with Crippen molar-refractivity contribution in [3.8, 4) is 0 Å². The molecule has 0 saturated carbocycles. The number of nitrogens with zero attached hydrogens (tertiary/aromatic N) is 1. The van der Waals surface area contributed by atoms with Crippen LogP contribution < -0.4 is 22.1 Å². The minimum Gasteiger partial charge on any atom is -0.480 e. The lowest BCUT2D eigenvalue weighted by Crippen LogP contribution is -2.56. The molecule has 3 atom stereocenters. The summed E-state index contributed by atoms with van der Waals surface area (Å²) in [5, 5.41) is 13.4. The molecule has 138 valence electrons. The Bertz CT molecular complexity index is 622. The summed E-state index contributed by atoms with van der Waals surface area (Å²) >= 11 is 3.82. The second-order valence-electron chi connectivity index (χ2n) is 5.20. The molecule has 0 aliphatic rings. The highest BCUT2D eigenvalue weighted by Crippen LogP contribution is 2.00. The average molecular weight is 372 g/mol. The molecule has 11 nitrogen and oxygen atoms in total. The van der Waals surface area contributed by atoms with Crippen LogP contribution in [0.15, 0.2) is 12.5 Å². The van der Waals surface area contributed by atoms with Crippen LogP contribution >= 0.6 is 12.6 Å². The third-order valence-corrected chi connectivity index (χ3v) is 3.53. The number of carboxylic acid groups (broad SMARTS) is 1. The first-order valence-corrected chi connectivity index (χ1v) is 7.83. The number of rotatable bonds is 10. The van der Waals surface area contributed by atoms with Crippen LogP contribution in [0, 0.1) is 0 Å². The van der Waals surface area contributed by atoms with E-state index in [1.165, 1.54) is 12.5 Å². The third-order valence-electron chi connectivity index (χ3n) is 3.17. The van der Waals surface area contributed by atoms with Gasteiger partial charge in [0.1, 0.15) is 12.1 Å². The number of nitrogens with one attached hydrogen (secondary N) is 3. The molecular weight excluding hydrogens is 352 g/mol. The molecule has 0 spiro atoms. The van der Waals surface area contributed by atoms with Gasteiger partial charge in [0.15, 0.2) is 0 Å². The summed E-state index contributed by atoms with van der Waals surface area (Å²) < 4.78 is 0. The van der Waals surface area contributed by atoms with Crippen molar-refractivity contribution in [2.45, 2.75) is 31.0 Å². The van der Waals surface area contributed by atoms with Crippen LogP contribution in [0.5, 0.6) is 0 Å². The van der Waals surface area contributed by atoms with Gasteiger partial charge in [0, 0.05) is 24.1 Å². The number of aromatic nitrogens is 2. The van der Waals surface area contributed by atoms with Crippen LogP contribution in [-0.2, 0) is 25.6 Å². The first kappa shape index (κ1) is 20.4. The SMILES string of the molecule is NC(=O)CC(NC(=O)C(N)Cc1cnc[nH]1)C(=O)NC(CS)C(=O)O. The predicted molar refractivity (Wildman–Crippen MR) is 89.4 cm³/mol. The maximum atomic E-state index is 12.1. The van der Waals surface area contributed by atoms with E-state index in [-0.39, 0.29) is 12.2 Å². The number of H-pyrrole nitrogens is 1. The Morgan fingerprint density at radius 3 is 2.36 bits per heavy atom. The molecule has 25 heavy (non-hydrogen) atoms. The number of carboxylic acids is 1. The molecule has 0 saturated heterocycles. The summed E-state index contributed by atoms with van der Waals surface area (Å²) in [5.41, 5.74) is 11.4. The summed E-state index contributed by atoms with van der Waals surface area (Å²) in [5.74, 6) is -3.89. The summed E-state index contributed by atoms with van der Waals surface area (Å²) in [7, 11) is 0. The number of aromatic amines is 1. The van der Waals surface area contributed by atoms with Crippen molar-refractivity contribution in [3.63, 3.8) is 0 Å². The van der Waals surface area contributed by atoms with Crippen molar-refractivity contribution < 1.29 is 24.3 Å². The van der Waals surface area contributed by atoms with E-state index in [1.807, 2.05) is 0 Å². The van der Waals surface area contributed by atoms with E-state index in [0.29, 0.717) is 5.69 Å². The number of carbonyl (C=O) groups excluding carboxylic acids is 3. The van der Waals surface area contributed by atoms with Gasteiger partial charge in [-0.25, -0.2) is 9.78 Å². The molecule has 0 aliphatic carbocycles. The maximum absolute atomic E-state index is 12.1. The zero-order chi connectivity index (χ0) is 19.0. The van der Waals surface area contributed by atoms with E-state index in [4.69, 9.17) is 16.6 Å². The van der Waals surface area contributed by atoms with E-state index in [1.54, 1.807) is 0 Å². The highest BCUT2D eigenvalue weighted by Gasteiger charge is 2.28. The molecule has 1 aromatic heterocycles.